The first-order chi connectivity index (χ1) is 13.9. The molecule has 3 N–H and O–H groups in total. The van der Waals surface area contributed by atoms with E-state index in [0.717, 1.165) is 5.56 Å². The molecule has 0 aliphatic carbocycles. The molecule has 146 valence electrons. The Bertz CT molecular complexity index is 1060. The lowest BCUT2D eigenvalue weighted by atomic mass is 10.1. The van der Waals surface area contributed by atoms with Gasteiger partial charge in [0, 0.05) is 23.9 Å². The summed E-state index contributed by atoms with van der Waals surface area (Å²) in [6.07, 6.45) is 0. The van der Waals surface area contributed by atoms with Crippen molar-refractivity contribution in [3.8, 4) is 0 Å². The molecule has 0 aromatic heterocycles. The quantitative estimate of drug-likeness (QED) is 0.604. The number of carbonyl (C=O) groups excluding carboxylic acids is 3. The van der Waals surface area contributed by atoms with E-state index in [0.29, 0.717) is 28.2 Å². The number of nitrogens with one attached hydrogen (secondary N) is 3. The molecule has 0 saturated heterocycles. The van der Waals surface area contributed by atoms with E-state index < -0.39 is 0 Å². The van der Waals surface area contributed by atoms with Crippen LogP contribution < -0.4 is 16.0 Å². The van der Waals surface area contributed by atoms with Crippen LogP contribution in [0.2, 0.25) is 0 Å². The summed E-state index contributed by atoms with van der Waals surface area (Å²) in [7, 11) is 0. The van der Waals surface area contributed by atoms with Crippen LogP contribution >= 0.6 is 0 Å². The lowest BCUT2D eigenvalue weighted by Gasteiger charge is -2.12. The fourth-order valence-electron chi connectivity index (χ4n) is 2.77. The van der Waals surface area contributed by atoms with Crippen molar-refractivity contribution < 1.29 is 14.4 Å². The van der Waals surface area contributed by atoms with Gasteiger partial charge in [0.1, 0.15) is 0 Å². The van der Waals surface area contributed by atoms with Gasteiger partial charge in [-0.25, -0.2) is 0 Å². The van der Waals surface area contributed by atoms with Gasteiger partial charge in [0.15, 0.2) is 0 Å². The van der Waals surface area contributed by atoms with Crippen molar-refractivity contribution in [3.63, 3.8) is 0 Å². The number of aryl methyl sites for hydroxylation is 1. The molecule has 0 atom stereocenters. The van der Waals surface area contributed by atoms with E-state index in [1.54, 1.807) is 60.7 Å². The van der Waals surface area contributed by atoms with Gasteiger partial charge in [-0.3, -0.25) is 14.4 Å². The minimum absolute atomic E-state index is 0.197. The Hall–Kier alpha value is -3.93. The maximum atomic E-state index is 12.8. The smallest absolute Gasteiger partial charge is 0.257 e. The monoisotopic (exact) mass is 387 g/mol. The zero-order valence-corrected chi connectivity index (χ0v) is 16.2. The number of benzene rings is 3. The third-order valence-corrected chi connectivity index (χ3v) is 4.17. The molecule has 29 heavy (non-hydrogen) atoms. The molecule has 3 aromatic rings. The van der Waals surface area contributed by atoms with Gasteiger partial charge in [-0.1, -0.05) is 35.9 Å². The number of rotatable bonds is 5. The Morgan fingerprint density at radius 3 is 2.03 bits per heavy atom. The van der Waals surface area contributed by atoms with Crippen LogP contribution in [0.3, 0.4) is 0 Å². The molecule has 0 aliphatic rings. The molecule has 3 rings (SSSR count). The summed E-state index contributed by atoms with van der Waals surface area (Å²) in [6, 6.07) is 20.8. The summed E-state index contributed by atoms with van der Waals surface area (Å²) in [5.41, 5.74) is 3.42. The van der Waals surface area contributed by atoms with Crippen LogP contribution in [0.15, 0.2) is 72.8 Å². The number of para-hydroxylation sites is 1. The summed E-state index contributed by atoms with van der Waals surface area (Å²) >= 11 is 0. The number of amides is 3. The van der Waals surface area contributed by atoms with Crippen LogP contribution in [0.5, 0.6) is 0 Å². The second-order valence-electron chi connectivity index (χ2n) is 6.58. The second-order valence-corrected chi connectivity index (χ2v) is 6.58. The summed E-state index contributed by atoms with van der Waals surface area (Å²) in [5.74, 6) is -0.861. The first-order valence-corrected chi connectivity index (χ1v) is 9.08. The SMILES string of the molecule is CC(=O)Nc1cccc(NC(=O)c2ccccc2NC(=O)c2ccc(C)cc2)c1. The Morgan fingerprint density at radius 1 is 0.690 bits per heavy atom. The molecule has 0 radical (unpaired) electrons. The van der Waals surface area contributed by atoms with Crippen LogP contribution in [0.1, 0.15) is 33.2 Å². The fourth-order valence-corrected chi connectivity index (χ4v) is 2.77. The molecule has 0 unspecified atom stereocenters. The Morgan fingerprint density at radius 2 is 1.34 bits per heavy atom. The van der Waals surface area contributed by atoms with Gasteiger partial charge in [0.05, 0.1) is 11.3 Å². The molecule has 6 nitrogen and oxygen atoms in total. The highest BCUT2D eigenvalue weighted by atomic mass is 16.2. The van der Waals surface area contributed by atoms with Crippen molar-refractivity contribution in [1.29, 1.82) is 0 Å². The number of anilines is 3. The van der Waals surface area contributed by atoms with Gasteiger partial charge in [0.25, 0.3) is 11.8 Å². The third-order valence-electron chi connectivity index (χ3n) is 4.17. The topological polar surface area (TPSA) is 87.3 Å². The standard InChI is InChI=1S/C23H21N3O3/c1-15-10-12-17(13-11-15)22(28)26-21-9-4-3-8-20(21)23(29)25-19-7-5-6-18(14-19)24-16(2)27/h3-14H,1-2H3,(H,24,27)(H,25,29)(H,26,28). The van der Waals surface area contributed by atoms with Gasteiger partial charge < -0.3 is 16.0 Å². The van der Waals surface area contributed by atoms with Crippen molar-refractivity contribution in [2.24, 2.45) is 0 Å². The number of carbonyl (C=O) groups is 3. The minimum atomic E-state index is -0.371. The molecule has 3 amide bonds. The van der Waals surface area contributed by atoms with Gasteiger partial charge in [-0.15, -0.1) is 0 Å². The number of hydrogen-bond acceptors (Lipinski definition) is 3. The summed E-state index contributed by atoms with van der Waals surface area (Å²) < 4.78 is 0. The molecular weight excluding hydrogens is 366 g/mol. The van der Waals surface area contributed by atoms with Crippen molar-refractivity contribution in [1.82, 2.24) is 0 Å². The first-order valence-electron chi connectivity index (χ1n) is 9.08. The van der Waals surface area contributed by atoms with Crippen molar-refractivity contribution in [3.05, 3.63) is 89.5 Å². The molecule has 0 heterocycles. The molecule has 0 fully saturated rings. The van der Waals surface area contributed by atoms with Crippen LogP contribution in [-0.2, 0) is 4.79 Å². The average molecular weight is 387 g/mol. The van der Waals surface area contributed by atoms with E-state index in [1.807, 2.05) is 19.1 Å². The van der Waals surface area contributed by atoms with E-state index in [2.05, 4.69) is 16.0 Å². The van der Waals surface area contributed by atoms with E-state index in [4.69, 9.17) is 0 Å². The maximum Gasteiger partial charge on any atom is 0.257 e. The Balaban J connectivity index is 1.77. The first kappa shape index (κ1) is 19.8. The van der Waals surface area contributed by atoms with Gasteiger partial charge >= 0.3 is 0 Å². The highest BCUT2D eigenvalue weighted by Gasteiger charge is 2.14. The van der Waals surface area contributed by atoms with Crippen molar-refractivity contribution in [2.45, 2.75) is 13.8 Å². The molecular formula is C23H21N3O3. The van der Waals surface area contributed by atoms with Gasteiger partial charge in [-0.05, 0) is 49.4 Å². The largest absolute Gasteiger partial charge is 0.326 e. The van der Waals surface area contributed by atoms with E-state index in [-0.39, 0.29) is 17.7 Å². The Labute approximate surface area is 169 Å². The van der Waals surface area contributed by atoms with Crippen LogP contribution in [-0.4, -0.2) is 17.7 Å². The molecule has 3 aromatic carbocycles. The van der Waals surface area contributed by atoms with Crippen LogP contribution in [0.25, 0.3) is 0 Å². The lowest BCUT2D eigenvalue weighted by molar-refractivity contribution is -0.114. The maximum absolute atomic E-state index is 12.8. The highest BCUT2D eigenvalue weighted by molar-refractivity contribution is 6.12. The zero-order valence-electron chi connectivity index (χ0n) is 16.2. The molecule has 0 aliphatic heterocycles. The third kappa shape index (κ3) is 5.29. The highest BCUT2D eigenvalue weighted by Crippen LogP contribution is 2.20. The van der Waals surface area contributed by atoms with E-state index >= 15 is 0 Å². The average Bonchev–Trinajstić information content (AvgIpc) is 2.68. The normalized spacial score (nSPS) is 10.1. The predicted molar refractivity (Wildman–Crippen MR) is 114 cm³/mol. The Kier molecular flexibility index (Phi) is 6.04. The van der Waals surface area contributed by atoms with Crippen LogP contribution in [0, 0.1) is 6.92 Å². The number of hydrogen-bond donors (Lipinski definition) is 3. The fraction of sp³-hybridized carbons (Fsp3) is 0.0870. The van der Waals surface area contributed by atoms with Crippen molar-refractivity contribution >= 4 is 34.8 Å². The summed E-state index contributed by atoms with van der Waals surface area (Å²) in [5, 5.41) is 8.26. The van der Waals surface area contributed by atoms with E-state index in [9.17, 15) is 14.4 Å². The molecule has 0 spiro atoms. The molecule has 0 bridgehead atoms. The molecule has 0 saturated carbocycles. The van der Waals surface area contributed by atoms with Crippen LogP contribution in [0.4, 0.5) is 17.1 Å². The predicted octanol–water partition coefficient (Wildman–Crippen LogP) is 4.46. The summed E-state index contributed by atoms with van der Waals surface area (Å²) in [4.78, 5) is 36.5. The minimum Gasteiger partial charge on any atom is -0.326 e. The summed E-state index contributed by atoms with van der Waals surface area (Å²) in [6.45, 7) is 3.36. The van der Waals surface area contributed by atoms with Crippen molar-refractivity contribution in [2.75, 3.05) is 16.0 Å². The zero-order chi connectivity index (χ0) is 20.8. The molecule has 6 heteroatoms. The van der Waals surface area contributed by atoms with Gasteiger partial charge in [0.2, 0.25) is 5.91 Å². The van der Waals surface area contributed by atoms with Gasteiger partial charge in [-0.2, -0.15) is 0 Å². The lowest BCUT2D eigenvalue weighted by Crippen LogP contribution is -2.18. The van der Waals surface area contributed by atoms with E-state index in [1.165, 1.54) is 6.92 Å². The second kappa shape index (κ2) is 8.84.